The molecule has 1 aromatic carbocycles. The Hall–Kier alpha value is -0.990. The lowest BCUT2D eigenvalue weighted by Gasteiger charge is -2.31. The van der Waals surface area contributed by atoms with E-state index in [2.05, 4.69) is 0 Å². The second-order valence-corrected chi connectivity index (χ2v) is 6.30. The number of alkyl halides is 2. The van der Waals surface area contributed by atoms with Gasteiger partial charge in [-0.3, -0.25) is 0 Å². The lowest BCUT2D eigenvalue weighted by Crippen LogP contribution is -2.30. The average molecular weight is 282 g/mol. The van der Waals surface area contributed by atoms with Crippen LogP contribution in [0.15, 0.2) is 12.1 Å². The van der Waals surface area contributed by atoms with Gasteiger partial charge in [0.1, 0.15) is 5.82 Å². The van der Waals surface area contributed by atoms with Crippen molar-refractivity contribution in [2.75, 3.05) is 0 Å². The molecular formula is C17H21F3. The highest BCUT2D eigenvalue weighted by atomic mass is 19.3. The molecule has 2 aliphatic rings. The molecule has 1 unspecified atom stereocenters. The van der Waals surface area contributed by atoms with Crippen molar-refractivity contribution in [3.05, 3.63) is 34.6 Å². The zero-order valence-corrected chi connectivity index (χ0v) is 11.9. The Balaban J connectivity index is 1.96. The van der Waals surface area contributed by atoms with Crippen molar-refractivity contribution in [3.8, 4) is 0 Å². The van der Waals surface area contributed by atoms with Crippen molar-refractivity contribution in [2.24, 2.45) is 11.8 Å². The van der Waals surface area contributed by atoms with Crippen molar-refractivity contribution in [1.29, 1.82) is 0 Å². The zero-order valence-electron chi connectivity index (χ0n) is 11.9. The number of halogens is 3. The highest BCUT2D eigenvalue weighted by Crippen LogP contribution is 2.52. The van der Waals surface area contributed by atoms with Crippen LogP contribution < -0.4 is 0 Å². The Labute approximate surface area is 118 Å². The summed E-state index contributed by atoms with van der Waals surface area (Å²) >= 11 is 0. The van der Waals surface area contributed by atoms with Gasteiger partial charge in [0.05, 0.1) is 5.56 Å². The van der Waals surface area contributed by atoms with Crippen LogP contribution in [0.25, 0.3) is 0 Å². The average Bonchev–Trinajstić information content (AvgIpc) is 2.71. The lowest BCUT2D eigenvalue weighted by atomic mass is 9.77. The molecule has 3 rings (SSSR count). The standard InChI is InChI=1S/C17H21F3/c1-2-11-8-13-10-14(12-6-4-3-5-7-12)17(19,20)16(13)15(18)9-11/h8-9,12,14H,2-7,10H2,1H3. The summed E-state index contributed by atoms with van der Waals surface area (Å²) in [5.41, 5.74) is 1.05. The van der Waals surface area contributed by atoms with Gasteiger partial charge in [0.25, 0.3) is 5.92 Å². The van der Waals surface area contributed by atoms with E-state index in [1.807, 2.05) is 6.92 Å². The summed E-state index contributed by atoms with van der Waals surface area (Å²) in [5.74, 6) is -4.34. The molecule has 1 fully saturated rings. The van der Waals surface area contributed by atoms with E-state index in [0.29, 0.717) is 18.4 Å². The Morgan fingerprint density at radius 2 is 1.85 bits per heavy atom. The van der Waals surface area contributed by atoms with Crippen LogP contribution in [-0.2, 0) is 18.8 Å². The van der Waals surface area contributed by atoms with Gasteiger partial charge in [-0.05, 0) is 48.8 Å². The minimum atomic E-state index is -2.99. The lowest BCUT2D eigenvalue weighted by molar-refractivity contribution is -0.0819. The van der Waals surface area contributed by atoms with Crippen molar-refractivity contribution in [2.45, 2.75) is 57.8 Å². The van der Waals surface area contributed by atoms with Crippen LogP contribution in [0.1, 0.15) is 55.7 Å². The molecule has 110 valence electrons. The normalized spacial score (nSPS) is 25.7. The topological polar surface area (TPSA) is 0 Å². The largest absolute Gasteiger partial charge is 0.279 e. The summed E-state index contributed by atoms with van der Waals surface area (Å²) in [6.45, 7) is 1.92. The van der Waals surface area contributed by atoms with Gasteiger partial charge in [0.2, 0.25) is 0 Å². The van der Waals surface area contributed by atoms with Gasteiger partial charge in [-0.15, -0.1) is 0 Å². The van der Waals surface area contributed by atoms with Crippen LogP contribution in [0, 0.1) is 17.7 Å². The molecule has 0 radical (unpaired) electrons. The quantitative estimate of drug-likeness (QED) is 0.696. The number of fused-ring (bicyclic) bond motifs is 1. The molecular weight excluding hydrogens is 261 g/mol. The maximum atomic E-state index is 14.6. The van der Waals surface area contributed by atoms with Crippen molar-refractivity contribution in [1.82, 2.24) is 0 Å². The fourth-order valence-corrected chi connectivity index (χ4v) is 4.01. The predicted molar refractivity (Wildman–Crippen MR) is 73.4 cm³/mol. The molecule has 2 aliphatic carbocycles. The molecule has 1 atom stereocenters. The first kappa shape index (κ1) is 14.0. The van der Waals surface area contributed by atoms with E-state index >= 15 is 0 Å². The second-order valence-electron chi connectivity index (χ2n) is 6.30. The van der Waals surface area contributed by atoms with E-state index in [9.17, 15) is 13.2 Å². The third-order valence-corrected chi connectivity index (χ3v) is 5.10. The molecule has 3 heteroatoms. The van der Waals surface area contributed by atoms with Gasteiger partial charge in [-0.1, -0.05) is 32.3 Å². The summed E-state index contributed by atoms with van der Waals surface area (Å²) in [4.78, 5) is 0. The van der Waals surface area contributed by atoms with Gasteiger partial charge < -0.3 is 0 Å². The molecule has 0 heterocycles. The molecule has 0 aromatic heterocycles. The molecule has 0 nitrogen and oxygen atoms in total. The van der Waals surface area contributed by atoms with E-state index in [1.165, 1.54) is 6.07 Å². The van der Waals surface area contributed by atoms with Gasteiger partial charge in [-0.2, -0.15) is 0 Å². The Morgan fingerprint density at radius 3 is 2.50 bits per heavy atom. The Bertz CT molecular complexity index is 501. The molecule has 0 spiro atoms. The summed E-state index contributed by atoms with van der Waals surface area (Å²) in [6, 6.07) is 3.07. The number of rotatable bonds is 2. The fraction of sp³-hybridized carbons (Fsp3) is 0.647. The molecule has 0 amide bonds. The van der Waals surface area contributed by atoms with Crippen LogP contribution in [-0.4, -0.2) is 0 Å². The van der Waals surface area contributed by atoms with Gasteiger partial charge >= 0.3 is 0 Å². The third-order valence-electron chi connectivity index (χ3n) is 5.10. The zero-order chi connectivity index (χ0) is 14.3. The van der Waals surface area contributed by atoms with Crippen LogP contribution in [0.4, 0.5) is 13.2 Å². The van der Waals surface area contributed by atoms with Crippen LogP contribution in [0.2, 0.25) is 0 Å². The third kappa shape index (κ3) is 2.15. The van der Waals surface area contributed by atoms with Gasteiger partial charge in [0.15, 0.2) is 0 Å². The molecule has 0 N–H and O–H groups in total. The summed E-state index contributed by atoms with van der Waals surface area (Å²) in [7, 11) is 0. The Kier molecular flexibility index (Phi) is 3.55. The highest BCUT2D eigenvalue weighted by Gasteiger charge is 2.53. The Morgan fingerprint density at radius 1 is 1.15 bits per heavy atom. The first-order valence-corrected chi connectivity index (χ1v) is 7.73. The SMILES string of the molecule is CCc1cc(F)c2c(c1)CC(C1CCCCC1)C2(F)F. The van der Waals surface area contributed by atoms with Crippen LogP contribution in [0.5, 0.6) is 0 Å². The minimum absolute atomic E-state index is 0.0515. The highest BCUT2D eigenvalue weighted by molar-refractivity contribution is 5.41. The van der Waals surface area contributed by atoms with E-state index in [4.69, 9.17) is 0 Å². The maximum absolute atomic E-state index is 14.6. The van der Waals surface area contributed by atoms with E-state index < -0.39 is 17.7 Å². The van der Waals surface area contributed by atoms with Crippen molar-refractivity contribution >= 4 is 0 Å². The minimum Gasteiger partial charge on any atom is -0.206 e. The van der Waals surface area contributed by atoms with Crippen LogP contribution >= 0.6 is 0 Å². The summed E-state index contributed by atoms with van der Waals surface area (Å²) < 4.78 is 43.4. The fourth-order valence-electron chi connectivity index (χ4n) is 4.01. The number of aryl methyl sites for hydroxylation is 1. The molecule has 0 aliphatic heterocycles. The van der Waals surface area contributed by atoms with Gasteiger partial charge in [0, 0.05) is 5.92 Å². The van der Waals surface area contributed by atoms with E-state index in [1.54, 1.807) is 6.07 Å². The number of benzene rings is 1. The molecule has 1 aromatic rings. The maximum Gasteiger partial charge on any atom is 0.279 e. The smallest absolute Gasteiger partial charge is 0.206 e. The second kappa shape index (κ2) is 5.09. The van der Waals surface area contributed by atoms with Crippen molar-refractivity contribution < 1.29 is 13.2 Å². The van der Waals surface area contributed by atoms with Crippen LogP contribution in [0.3, 0.4) is 0 Å². The summed E-state index contributed by atoms with van der Waals surface area (Å²) in [5, 5.41) is 0. The number of hydrogen-bond acceptors (Lipinski definition) is 0. The molecule has 1 saturated carbocycles. The van der Waals surface area contributed by atoms with E-state index in [-0.39, 0.29) is 11.5 Å². The number of hydrogen-bond donors (Lipinski definition) is 0. The van der Waals surface area contributed by atoms with Crippen molar-refractivity contribution in [3.63, 3.8) is 0 Å². The summed E-state index contributed by atoms with van der Waals surface area (Å²) in [6.07, 6.45) is 6.00. The molecule has 0 saturated heterocycles. The van der Waals surface area contributed by atoms with E-state index in [0.717, 1.165) is 37.7 Å². The predicted octanol–water partition coefficient (Wildman–Crippen LogP) is 5.23. The molecule has 0 bridgehead atoms. The first-order valence-electron chi connectivity index (χ1n) is 7.73. The van der Waals surface area contributed by atoms with Gasteiger partial charge in [-0.25, -0.2) is 13.2 Å². The first-order chi connectivity index (χ1) is 9.54. The monoisotopic (exact) mass is 282 g/mol. The molecule has 20 heavy (non-hydrogen) atoms.